The fraction of sp³-hybridized carbons (Fsp3) is 0.462. The molecule has 1 aromatic rings. The van der Waals surface area contributed by atoms with E-state index in [1.165, 1.54) is 6.42 Å². The topological polar surface area (TPSA) is 59.6 Å². The van der Waals surface area contributed by atoms with E-state index in [1.54, 1.807) is 7.11 Å². The van der Waals surface area contributed by atoms with Gasteiger partial charge in [-0.25, -0.2) is 4.99 Å². The number of benzene rings is 1. The molecule has 1 aliphatic carbocycles. The molecule has 0 unspecified atom stereocenters. The van der Waals surface area contributed by atoms with Crippen molar-refractivity contribution in [1.29, 1.82) is 0 Å². The number of methoxy groups -OCH3 is 1. The average molecular weight is 233 g/mol. The van der Waals surface area contributed by atoms with Crippen LogP contribution in [-0.2, 0) is 6.54 Å². The lowest BCUT2D eigenvalue weighted by atomic mass is 10.2. The first-order valence-electron chi connectivity index (χ1n) is 5.89. The van der Waals surface area contributed by atoms with Gasteiger partial charge in [0.25, 0.3) is 0 Å². The molecule has 0 bridgehead atoms. The predicted octanol–water partition coefficient (Wildman–Crippen LogP) is 1.51. The Morgan fingerprint density at radius 1 is 1.53 bits per heavy atom. The zero-order chi connectivity index (χ0) is 12.3. The van der Waals surface area contributed by atoms with E-state index in [4.69, 9.17) is 10.5 Å². The summed E-state index contributed by atoms with van der Waals surface area (Å²) >= 11 is 0. The van der Waals surface area contributed by atoms with Gasteiger partial charge >= 0.3 is 0 Å². The third kappa shape index (κ3) is 3.12. The summed E-state index contributed by atoms with van der Waals surface area (Å²) in [5.41, 5.74) is 6.86. The quantitative estimate of drug-likeness (QED) is 0.612. The molecule has 0 amide bonds. The number of nitrogens with one attached hydrogen (secondary N) is 1. The third-order valence-corrected chi connectivity index (χ3v) is 3.06. The van der Waals surface area contributed by atoms with E-state index in [1.807, 2.05) is 24.3 Å². The van der Waals surface area contributed by atoms with Crippen molar-refractivity contribution in [3.05, 3.63) is 29.8 Å². The standard InChI is InChI=1S/C13H19N3O/c1-9-7-11(9)16-13(14)15-8-10-5-3-4-6-12(10)17-2/h3-6,9,11H,7-8H2,1-2H3,(H3,14,15,16)/t9-,11+/m0/s1. The van der Waals surface area contributed by atoms with Gasteiger partial charge in [-0.05, 0) is 18.4 Å². The first kappa shape index (κ1) is 11.8. The molecule has 1 saturated carbocycles. The minimum absolute atomic E-state index is 0.511. The van der Waals surface area contributed by atoms with Crippen LogP contribution < -0.4 is 15.8 Å². The number of rotatable bonds is 4. The minimum atomic E-state index is 0.511. The normalized spacial score (nSPS) is 23.3. The highest BCUT2D eigenvalue weighted by Crippen LogP contribution is 2.28. The van der Waals surface area contributed by atoms with Gasteiger partial charge in [-0.1, -0.05) is 25.1 Å². The van der Waals surface area contributed by atoms with E-state index in [0.717, 1.165) is 17.2 Å². The van der Waals surface area contributed by atoms with Gasteiger partial charge in [0, 0.05) is 11.6 Å². The Balaban J connectivity index is 1.93. The largest absolute Gasteiger partial charge is 0.496 e. The summed E-state index contributed by atoms with van der Waals surface area (Å²) in [4.78, 5) is 4.32. The molecule has 0 spiro atoms. The average Bonchev–Trinajstić information content (AvgIpc) is 3.02. The molecule has 4 heteroatoms. The molecular weight excluding hydrogens is 214 g/mol. The lowest BCUT2D eigenvalue weighted by Crippen LogP contribution is -2.34. The molecule has 1 fully saturated rings. The summed E-state index contributed by atoms with van der Waals surface area (Å²) in [5, 5.41) is 3.20. The Kier molecular flexibility index (Phi) is 3.52. The van der Waals surface area contributed by atoms with E-state index < -0.39 is 0 Å². The van der Waals surface area contributed by atoms with Gasteiger partial charge in [0.05, 0.1) is 13.7 Å². The molecule has 2 atom stereocenters. The Morgan fingerprint density at radius 2 is 2.24 bits per heavy atom. The summed E-state index contributed by atoms with van der Waals surface area (Å²) < 4.78 is 5.26. The summed E-state index contributed by atoms with van der Waals surface area (Å²) in [5.74, 6) is 2.09. The second kappa shape index (κ2) is 5.08. The first-order chi connectivity index (χ1) is 8.20. The molecule has 0 heterocycles. The molecule has 92 valence electrons. The van der Waals surface area contributed by atoms with Gasteiger partial charge in [0.15, 0.2) is 5.96 Å². The molecule has 17 heavy (non-hydrogen) atoms. The van der Waals surface area contributed by atoms with Crippen LogP contribution in [0.3, 0.4) is 0 Å². The highest BCUT2D eigenvalue weighted by Gasteiger charge is 2.32. The highest BCUT2D eigenvalue weighted by atomic mass is 16.5. The van der Waals surface area contributed by atoms with Crippen molar-refractivity contribution in [2.24, 2.45) is 16.6 Å². The number of guanidine groups is 1. The number of ether oxygens (including phenoxy) is 1. The minimum Gasteiger partial charge on any atom is -0.496 e. The highest BCUT2D eigenvalue weighted by molar-refractivity contribution is 5.78. The van der Waals surface area contributed by atoms with Crippen LogP contribution in [0.5, 0.6) is 5.75 Å². The van der Waals surface area contributed by atoms with Gasteiger partial charge < -0.3 is 15.8 Å². The predicted molar refractivity (Wildman–Crippen MR) is 69.0 cm³/mol. The van der Waals surface area contributed by atoms with E-state index in [0.29, 0.717) is 18.5 Å². The third-order valence-electron chi connectivity index (χ3n) is 3.06. The molecule has 0 radical (unpaired) electrons. The van der Waals surface area contributed by atoms with Gasteiger partial charge in [-0.2, -0.15) is 0 Å². The van der Waals surface area contributed by atoms with Crippen molar-refractivity contribution < 1.29 is 4.74 Å². The zero-order valence-corrected chi connectivity index (χ0v) is 10.3. The number of nitrogens with zero attached hydrogens (tertiary/aromatic N) is 1. The number of para-hydroxylation sites is 1. The zero-order valence-electron chi connectivity index (χ0n) is 10.3. The van der Waals surface area contributed by atoms with Crippen LogP contribution >= 0.6 is 0 Å². The van der Waals surface area contributed by atoms with Crippen LogP contribution in [0.2, 0.25) is 0 Å². The van der Waals surface area contributed by atoms with Crippen molar-refractivity contribution in [3.8, 4) is 5.75 Å². The maximum absolute atomic E-state index is 5.81. The molecule has 3 N–H and O–H groups in total. The fourth-order valence-electron chi connectivity index (χ4n) is 1.76. The Hall–Kier alpha value is -1.71. The van der Waals surface area contributed by atoms with Crippen LogP contribution in [0.1, 0.15) is 18.9 Å². The molecule has 0 aliphatic heterocycles. The summed E-state index contributed by atoms with van der Waals surface area (Å²) in [6, 6.07) is 8.35. The van der Waals surface area contributed by atoms with Crippen molar-refractivity contribution in [1.82, 2.24) is 5.32 Å². The SMILES string of the molecule is COc1ccccc1CN=C(N)N[C@@H]1C[C@@H]1C. The van der Waals surface area contributed by atoms with Gasteiger partial charge in [-0.3, -0.25) is 0 Å². The maximum Gasteiger partial charge on any atom is 0.189 e. The number of nitrogens with two attached hydrogens (primary N) is 1. The second-order valence-corrected chi connectivity index (χ2v) is 4.48. The summed E-state index contributed by atoms with van der Waals surface area (Å²) in [7, 11) is 1.66. The van der Waals surface area contributed by atoms with E-state index in [9.17, 15) is 0 Å². The second-order valence-electron chi connectivity index (χ2n) is 4.48. The van der Waals surface area contributed by atoms with Crippen LogP contribution in [0.25, 0.3) is 0 Å². The van der Waals surface area contributed by atoms with Crippen molar-refractivity contribution in [2.45, 2.75) is 25.9 Å². The first-order valence-corrected chi connectivity index (χ1v) is 5.89. The Labute approximate surface area is 102 Å². The van der Waals surface area contributed by atoms with E-state index in [-0.39, 0.29) is 0 Å². The number of hydrogen-bond acceptors (Lipinski definition) is 2. The van der Waals surface area contributed by atoms with E-state index in [2.05, 4.69) is 17.2 Å². The van der Waals surface area contributed by atoms with Gasteiger partial charge in [-0.15, -0.1) is 0 Å². The molecule has 1 aliphatic rings. The van der Waals surface area contributed by atoms with Crippen LogP contribution in [0.15, 0.2) is 29.3 Å². The van der Waals surface area contributed by atoms with Crippen LogP contribution in [0.4, 0.5) is 0 Å². The van der Waals surface area contributed by atoms with Crippen molar-refractivity contribution in [2.75, 3.05) is 7.11 Å². The summed E-state index contributed by atoms with van der Waals surface area (Å²) in [6.07, 6.45) is 1.19. The number of aliphatic imine (C=N–C) groups is 1. The lowest BCUT2D eigenvalue weighted by Gasteiger charge is -2.07. The monoisotopic (exact) mass is 233 g/mol. The van der Waals surface area contributed by atoms with Crippen molar-refractivity contribution in [3.63, 3.8) is 0 Å². The molecule has 4 nitrogen and oxygen atoms in total. The Morgan fingerprint density at radius 3 is 2.88 bits per heavy atom. The van der Waals surface area contributed by atoms with Gasteiger partial charge in [0.1, 0.15) is 5.75 Å². The molecule has 0 aromatic heterocycles. The van der Waals surface area contributed by atoms with Crippen LogP contribution in [0, 0.1) is 5.92 Å². The molecule has 1 aromatic carbocycles. The molecule has 2 rings (SSSR count). The number of hydrogen-bond donors (Lipinski definition) is 2. The maximum atomic E-state index is 5.81. The Bertz CT molecular complexity index is 417. The van der Waals surface area contributed by atoms with E-state index >= 15 is 0 Å². The van der Waals surface area contributed by atoms with Crippen LogP contribution in [-0.4, -0.2) is 19.1 Å². The molecular formula is C13H19N3O. The smallest absolute Gasteiger partial charge is 0.189 e. The lowest BCUT2D eigenvalue weighted by molar-refractivity contribution is 0.410. The van der Waals surface area contributed by atoms with Crippen molar-refractivity contribution >= 4 is 5.96 Å². The summed E-state index contributed by atoms with van der Waals surface area (Å²) in [6.45, 7) is 2.75. The fourth-order valence-corrected chi connectivity index (χ4v) is 1.76. The molecule has 0 saturated heterocycles. The van der Waals surface area contributed by atoms with Gasteiger partial charge in [0.2, 0.25) is 0 Å².